The van der Waals surface area contributed by atoms with Crippen molar-refractivity contribution in [2.24, 2.45) is 0 Å². The predicted octanol–water partition coefficient (Wildman–Crippen LogP) is 1.17. The molecule has 0 amide bonds. The van der Waals surface area contributed by atoms with Crippen molar-refractivity contribution in [3.05, 3.63) is 0 Å². The smallest absolute Gasteiger partial charge is 0.211 e. The molecule has 0 radical (unpaired) electrons. The lowest BCUT2D eigenvalue weighted by molar-refractivity contribution is 0.334. The van der Waals surface area contributed by atoms with E-state index in [2.05, 4.69) is 28.8 Å². The molecule has 0 atom stereocenters. The lowest BCUT2D eigenvalue weighted by Gasteiger charge is -2.14. The fourth-order valence-electron chi connectivity index (χ4n) is 2.42. The zero-order valence-electron chi connectivity index (χ0n) is 13.0. The van der Waals surface area contributed by atoms with Gasteiger partial charge >= 0.3 is 0 Å². The molecule has 0 spiro atoms. The second-order valence-electron chi connectivity index (χ2n) is 5.93. The van der Waals surface area contributed by atoms with Crippen LogP contribution in [0.25, 0.3) is 0 Å². The van der Waals surface area contributed by atoms with Crippen molar-refractivity contribution in [1.29, 1.82) is 0 Å². The largest absolute Gasteiger partial charge is 0.315 e. The van der Waals surface area contributed by atoms with E-state index in [1.165, 1.54) is 25.9 Å². The monoisotopic (exact) mass is 305 g/mol. The Balaban J connectivity index is 1.99. The molecular formula is C14H31N3O2S. The maximum atomic E-state index is 11.8. The van der Waals surface area contributed by atoms with E-state index < -0.39 is 10.0 Å². The van der Waals surface area contributed by atoms with Crippen molar-refractivity contribution in [3.8, 4) is 0 Å². The van der Waals surface area contributed by atoms with Crippen LogP contribution in [0.1, 0.15) is 46.0 Å². The van der Waals surface area contributed by atoms with Gasteiger partial charge in [0.25, 0.3) is 0 Å². The molecule has 120 valence electrons. The molecule has 5 nitrogen and oxygen atoms in total. The number of nitrogens with zero attached hydrogens (tertiary/aromatic N) is 1. The van der Waals surface area contributed by atoms with Gasteiger partial charge in [-0.3, -0.25) is 0 Å². The Kier molecular flexibility index (Phi) is 8.68. The zero-order chi connectivity index (χ0) is 14.8. The van der Waals surface area contributed by atoms with E-state index in [0.29, 0.717) is 12.6 Å². The van der Waals surface area contributed by atoms with Crippen LogP contribution in [0.15, 0.2) is 0 Å². The molecule has 1 rings (SSSR count). The van der Waals surface area contributed by atoms with Crippen LogP contribution < -0.4 is 10.0 Å². The van der Waals surface area contributed by atoms with Gasteiger partial charge in [-0.1, -0.05) is 13.8 Å². The average molecular weight is 305 g/mol. The van der Waals surface area contributed by atoms with Crippen molar-refractivity contribution >= 4 is 10.0 Å². The van der Waals surface area contributed by atoms with Gasteiger partial charge in [0.1, 0.15) is 0 Å². The molecule has 1 aliphatic rings. The highest BCUT2D eigenvalue weighted by Crippen LogP contribution is 2.07. The van der Waals surface area contributed by atoms with Crippen LogP contribution in [0.4, 0.5) is 0 Å². The highest BCUT2D eigenvalue weighted by atomic mass is 32.2. The summed E-state index contributed by atoms with van der Waals surface area (Å²) < 4.78 is 26.3. The molecule has 1 saturated heterocycles. The minimum Gasteiger partial charge on any atom is -0.315 e. The quantitative estimate of drug-likeness (QED) is 0.563. The molecular weight excluding hydrogens is 274 g/mol. The fourth-order valence-corrected chi connectivity index (χ4v) is 3.60. The van der Waals surface area contributed by atoms with E-state index in [4.69, 9.17) is 0 Å². The molecule has 1 fully saturated rings. The van der Waals surface area contributed by atoms with Crippen molar-refractivity contribution in [2.75, 3.05) is 38.5 Å². The molecule has 0 aromatic carbocycles. The molecule has 0 aliphatic carbocycles. The number of nitrogens with one attached hydrogen (secondary N) is 2. The number of sulfonamides is 1. The SMILES string of the molecule is CC(C)NCCCCS(=O)(=O)NCCCN1CCCC1. The summed E-state index contributed by atoms with van der Waals surface area (Å²) >= 11 is 0. The van der Waals surface area contributed by atoms with E-state index in [-0.39, 0.29) is 5.75 Å². The third kappa shape index (κ3) is 8.89. The molecule has 1 heterocycles. The Labute approximate surface area is 124 Å². The average Bonchev–Trinajstić information content (AvgIpc) is 2.87. The summed E-state index contributed by atoms with van der Waals surface area (Å²) in [5.74, 6) is 0.247. The first-order valence-corrected chi connectivity index (χ1v) is 9.58. The topological polar surface area (TPSA) is 61.4 Å². The van der Waals surface area contributed by atoms with Gasteiger partial charge in [0.2, 0.25) is 10.0 Å². The van der Waals surface area contributed by atoms with Crippen LogP contribution in [0.3, 0.4) is 0 Å². The minimum atomic E-state index is -3.07. The van der Waals surface area contributed by atoms with Gasteiger partial charge in [0.05, 0.1) is 5.75 Å². The summed E-state index contributed by atoms with van der Waals surface area (Å²) in [5, 5.41) is 3.29. The summed E-state index contributed by atoms with van der Waals surface area (Å²) in [7, 11) is -3.07. The summed E-state index contributed by atoms with van der Waals surface area (Å²) in [4.78, 5) is 2.41. The van der Waals surface area contributed by atoms with Gasteiger partial charge in [0.15, 0.2) is 0 Å². The first kappa shape index (κ1) is 17.9. The van der Waals surface area contributed by atoms with Gasteiger partial charge in [-0.05, 0) is 58.3 Å². The summed E-state index contributed by atoms with van der Waals surface area (Å²) in [6, 6.07) is 0.468. The van der Waals surface area contributed by atoms with E-state index in [1.807, 2.05) is 0 Å². The van der Waals surface area contributed by atoms with E-state index in [9.17, 15) is 8.42 Å². The van der Waals surface area contributed by atoms with Crippen LogP contribution in [0.5, 0.6) is 0 Å². The second-order valence-corrected chi connectivity index (χ2v) is 7.86. The van der Waals surface area contributed by atoms with E-state index >= 15 is 0 Å². The third-order valence-electron chi connectivity index (χ3n) is 3.56. The van der Waals surface area contributed by atoms with Crippen LogP contribution >= 0.6 is 0 Å². The highest BCUT2D eigenvalue weighted by Gasteiger charge is 2.12. The van der Waals surface area contributed by atoms with Crippen LogP contribution in [0, 0.1) is 0 Å². The summed E-state index contributed by atoms with van der Waals surface area (Å²) in [6.07, 6.45) is 5.12. The number of unbranched alkanes of at least 4 members (excludes halogenated alkanes) is 1. The lowest BCUT2D eigenvalue weighted by Crippen LogP contribution is -2.30. The molecule has 0 saturated carbocycles. The lowest BCUT2D eigenvalue weighted by atomic mass is 10.3. The molecule has 1 aliphatic heterocycles. The van der Waals surface area contributed by atoms with Gasteiger partial charge in [-0.2, -0.15) is 0 Å². The summed E-state index contributed by atoms with van der Waals surface area (Å²) in [5.41, 5.74) is 0. The molecule has 0 unspecified atom stereocenters. The van der Waals surface area contributed by atoms with Gasteiger partial charge in [0, 0.05) is 12.6 Å². The number of hydrogen-bond donors (Lipinski definition) is 2. The fraction of sp³-hybridized carbons (Fsp3) is 1.00. The van der Waals surface area contributed by atoms with E-state index in [1.54, 1.807) is 0 Å². The maximum absolute atomic E-state index is 11.8. The molecule has 6 heteroatoms. The number of hydrogen-bond acceptors (Lipinski definition) is 4. The highest BCUT2D eigenvalue weighted by molar-refractivity contribution is 7.89. The summed E-state index contributed by atoms with van der Waals surface area (Å²) in [6.45, 7) is 9.02. The standard InChI is InChI=1S/C14H31N3O2S/c1-14(2)15-8-3-6-13-20(18,19)16-9-7-12-17-10-4-5-11-17/h14-16H,3-13H2,1-2H3. The van der Waals surface area contributed by atoms with Gasteiger partial charge < -0.3 is 10.2 Å². The first-order valence-electron chi connectivity index (χ1n) is 7.93. The number of rotatable bonds is 11. The van der Waals surface area contributed by atoms with Crippen LogP contribution in [0.2, 0.25) is 0 Å². The molecule has 20 heavy (non-hydrogen) atoms. The van der Waals surface area contributed by atoms with Gasteiger partial charge in [-0.15, -0.1) is 0 Å². The van der Waals surface area contributed by atoms with Crippen LogP contribution in [-0.4, -0.2) is 57.8 Å². The normalized spacial score (nSPS) is 17.1. The molecule has 0 bridgehead atoms. The van der Waals surface area contributed by atoms with Crippen LogP contribution in [-0.2, 0) is 10.0 Å². The second kappa shape index (κ2) is 9.71. The zero-order valence-corrected chi connectivity index (χ0v) is 13.8. The predicted molar refractivity (Wildman–Crippen MR) is 84.5 cm³/mol. The van der Waals surface area contributed by atoms with E-state index in [0.717, 1.165) is 32.4 Å². The molecule has 2 N–H and O–H groups in total. The van der Waals surface area contributed by atoms with Crippen molar-refractivity contribution < 1.29 is 8.42 Å². The van der Waals surface area contributed by atoms with Crippen molar-refractivity contribution in [2.45, 2.75) is 52.0 Å². The number of likely N-dealkylation sites (tertiary alicyclic amines) is 1. The minimum absolute atomic E-state index is 0.247. The first-order chi connectivity index (χ1) is 9.49. The Morgan fingerprint density at radius 2 is 1.75 bits per heavy atom. The Bertz CT molecular complexity index is 338. The Hall–Kier alpha value is -0.170. The van der Waals surface area contributed by atoms with Crippen molar-refractivity contribution in [1.82, 2.24) is 14.9 Å². The Morgan fingerprint density at radius 3 is 2.40 bits per heavy atom. The maximum Gasteiger partial charge on any atom is 0.211 e. The van der Waals surface area contributed by atoms with Crippen molar-refractivity contribution in [3.63, 3.8) is 0 Å². The molecule has 0 aromatic rings. The molecule has 0 aromatic heterocycles. The van der Waals surface area contributed by atoms with Gasteiger partial charge in [-0.25, -0.2) is 13.1 Å². The Morgan fingerprint density at radius 1 is 1.05 bits per heavy atom. The third-order valence-corrected chi connectivity index (χ3v) is 5.03.